The van der Waals surface area contributed by atoms with Crippen molar-refractivity contribution in [3.8, 4) is 0 Å². The van der Waals surface area contributed by atoms with Crippen LogP contribution in [-0.4, -0.2) is 13.1 Å². The maximum absolute atomic E-state index is 3.52. The van der Waals surface area contributed by atoms with Gasteiger partial charge in [-0.05, 0) is 42.8 Å². The molecule has 1 saturated carbocycles. The van der Waals surface area contributed by atoms with Crippen molar-refractivity contribution >= 4 is 0 Å². The van der Waals surface area contributed by atoms with Crippen LogP contribution in [0.2, 0.25) is 0 Å². The van der Waals surface area contributed by atoms with E-state index in [2.05, 4.69) is 49.5 Å². The fourth-order valence-corrected chi connectivity index (χ4v) is 2.38. The van der Waals surface area contributed by atoms with E-state index in [0.29, 0.717) is 5.41 Å². The van der Waals surface area contributed by atoms with Gasteiger partial charge in [-0.1, -0.05) is 44.2 Å². The molecule has 0 bridgehead atoms. The highest BCUT2D eigenvalue weighted by atomic mass is 14.9. The highest BCUT2D eigenvalue weighted by Crippen LogP contribution is 2.53. The molecule has 1 fully saturated rings. The predicted molar refractivity (Wildman–Crippen MR) is 65.1 cm³/mol. The molecule has 1 nitrogen and oxygen atoms in total. The van der Waals surface area contributed by atoms with Crippen LogP contribution < -0.4 is 5.32 Å². The summed E-state index contributed by atoms with van der Waals surface area (Å²) >= 11 is 0. The van der Waals surface area contributed by atoms with Crippen molar-refractivity contribution in [2.75, 3.05) is 13.1 Å². The Balaban J connectivity index is 1.90. The van der Waals surface area contributed by atoms with E-state index in [9.17, 15) is 0 Å². The third kappa shape index (κ3) is 2.23. The second kappa shape index (κ2) is 4.36. The molecule has 0 aromatic heterocycles. The first-order valence-corrected chi connectivity index (χ1v) is 6.03. The third-order valence-electron chi connectivity index (χ3n) is 3.66. The van der Waals surface area contributed by atoms with Gasteiger partial charge in [0.1, 0.15) is 0 Å². The van der Waals surface area contributed by atoms with Gasteiger partial charge in [-0.15, -0.1) is 0 Å². The number of rotatable bonds is 5. The summed E-state index contributed by atoms with van der Waals surface area (Å²) in [5.41, 5.74) is 1.95. The largest absolute Gasteiger partial charge is 0.316 e. The first-order chi connectivity index (χ1) is 7.27. The van der Waals surface area contributed by atoms with Gasteiger partial charge in [0.25, 0.3) is 0 Å². The Hall–Kier alpha value is -0.820. The molecule has 1 aromatic carbocycles. The van der Waals surface area contributed by atoms with Crippen molar-refractivity contribution in [2.24, 2.45) is 5.92 Å². The van der Waals surface area contributed by atoms with Crippen LogP contribution in [-0.2, 0) is 5.41 Å². The molecule has 1 aliphatic carbocycles. The molecule has 0 aliphatic heterocycles. The molecule has 2 rings (SSSR count). The average molecular weight is 203 g/mol. The number of hydrogen-bond acceptors (Lipinski definition) is 1. The summed E-state index contributed by atoms with van der Waals surface area (Å²) in [6.45, 7) is 6.94. The number of benzene rings is 1. The van der Waals surface area contributed by atoms with Crippen LogP contribution in [0.5, 0.6) is 0 Å². The molecular weight excluding hydrogens is 182 g/mol. The van der Waals surface area contributed by atoms with Crippen LogP contribution in [0.1, 0.15) is 32.3 Å². The Bertz CT molecular complexity index is 306. The summed E-state index contributed by atoms with van der Waals surface area (Å²) in [6.07, 6.45) is 2.57. The second-order valence-corrected chi connectivity index (χ2v) is 4.89. The van der Waals surface area contributed by atoms with Gasteiger partial charge in [0.05, 0.1) is 0 Å². The monoisotopic (exact) mass is 203 g/mol. The summed E-state index contributed by atoms with van der Waals surface area (Å²) in [5.74, 6) is 0.839. The fourth-order valence-electron chi connectivity index (χ4n) is 2.38. The Labute approximate surface area is 92.9 Å². The lowest BCUT2D eigenvalue weighted by molar-refractivity contribution is 0.575. The van der Waals surface area contributed by atoms with Crippen molar-refractivity contribution < 1.29 is 0 Å². The van der Waals surface area contributed by atoms with E-state index in [1.807, 2.05) is 0 Å². The van der Waals surface area contributed by atoms with Gasteiger partial charge in [0.15, 0.2) is 0 Å². The minimum Gasteiger partial charge on any atom is -0.316 e. The fraction of sp³-hybridized carbons (Fsp3) is 0.571. The molecule has 2 unspecified atom stereocenters. The summed E-state index contributed by atoms with van der Waals surface area (Å²) in [7, 11) is 0. The molecule has 1 N–H and O–H groups in total. The van der Waals surface area contributed by atoms with Gasteiger partial charge < -0.3 is 5.32 Å². The Morgan fingerprint density at radius 3 is 2.73 bits per heavy atom. The SMILES string of the molecule is CCCNCC1CC1(C)c1ccccc1. The highest BCUT2D eigenvalue weighted by molar-refractivity contribution is 5.32. The van der Waals surface area contributed by atoms with Crippen LogP contribution >= 0.6 is 0 Å². The lowest BCUT2D eigenvalue weighted by Crippen LogP contribution is -2.20. The molecule has 0 spiro atoms. The quantitative estimate of drug-likeness (QED) is 0.725. The molecule has 15 heavy (non-hydrogen) atoms. The molecule has 0 saturated heterocycles. The van der Waals surface area contributed by atoms with Crippen LogP contribution in [0.3, 0.4) is 0 Å². The van der Waals surface area contributed by atoms with Crippen LogP contribution in [0.4, 0.5) is 0 Å². The van der Waals surface area contributed by atoms with E-state index >= 15 is 0 Å². The lowest BCUT2D eigenvalue weighted by atomic mass is 9.95. The second-order valence-electron chi connectivity index (χ2n) is 4.89. The molecule has 1 aliphatic rings. The molecule has 0 radical (unpaired) electrons. The van der Waals surface area contributed by atoms with Crippen LogP contribution in [0.15, 0.2) is 30.3 Å². The van der Waals surface area contributed by atoms with E-state index in [1.54, 1.807) is 0 Å². The van der Waals surface area contributed by atoms with Crippen molar-refractivity contribution in [1.82, 2.24) is 5.32 Å². The Morgan fingerprint density at radius 1 is 1.33 bits per heavy atom. The molecular formula is C14H21N. The van der Waals surface area contributed by atoms with Gasteiger partial charge in [-0.2, -0.15) is 0 Å². The van der Waals surface area contributed by atoms with Gasteiger partial charge >= 0.3 is 0 Å². The molecule has 2 atom stereocenters. The summed E-state index contributed by atoms with van der Waals surface area (Å²) in [6, 6.07) is 10.9. The third-order valence-corrected chi connectivity index (χ3v) is 3.66. The average Bonchev–Trinajstić information content (AvgIpc) is 2.93. The molecule has 0 heterocycles. The minimum atomic E-state index is 0.446. The topological polar surface area (TPSA) is 12.0 Å². The van der Waals surface area contributed by atoms with Crippen LogP contribution in [0.25, 0.3) is 0 Å². The van der Waals surface area contributed by atoms with E-state index in [1.165, 1.54) is 24.9 Å². The Morgan fingerprint density at radius 2 is 2.07 bits per heavy atom. The van der Waals surface area contributed by atoms with Crippen molar-refractivity contribution in [2.45, 2.75) is 32.1 Å². The summed E-state index contributed by atoms with van der Waals surface area (Å²) in [4.78, 5) is 0. The van der Waals surface area contributed by atoms with Crippen molar-refractivity contribution in [3.05, 3.63) is 35.9 Å². The maximum atomic E-state index is 3.52. The lowest BCUT2D eigenvalue weighted by Gasteiger charge is -2.12. The molecule has 1 heteroatoms. The zero-order chi connectivity index (χ0) is 10.7. The van der Waals surface area contributed by atoms with Crippen molar-refractivity contribution in [1.29, 1.82) is 0 Å². The van der Waals surface area contributed by atoms with Gasteiger partial charge in [-0.3, -0.25) is 0 Å². The number of nitrogens with one attached hydrogen (secondary N) is 1. The first-order valence-electron chi connectivity index (χ1n) is 6.03. The predicted octanol–water partition coefficient (Wildman–Crippen LogP) is 2.96. The van der Waals surface area contributed by atoms with Gasteiger partial charge in [0.2, 0.25) is 0 Å². The van der Waals surface area contributed by atoms with E-state index in [-0.39, 0.29) is 0 Å². The minimum absolute atomic E-state index is 0.446. The molecule has 0 amide bonds. The van der Waals surface area contributed by atoms with Gasteiger partial charge in [0, 0.05) is 0 Å². The molecule has 82 valence electrons. The van der Waals surface area contributed by atoms with E-state index < -0.39 is 0 Å². The zero-order valence-corrected chi connectivity index (χ0v) is 9.79. The van der Waals surface area contributed by atoms with E-state index in [0.717, 1.165) is 12.5 Å². The van der Waals surface area contributed by atoms with Crippen LogP contribution in [0, 0.1) is 5.92 Å². The van der Waals surface area contributed by atoms with Crippen molar-refractivity contribution in [3.63, 3.8) is 0 Å². The molecule has 1 aromatic rings. The zero-order valence-electron chi connectivity index (χ0n) is 9.79. The number of hydrogen-bond donors (Lipinski definition) is 1. The smallest absolute Gasteiger partial charge is 0.00118 e. The van der Waals surface area contributed by atoms with Gasteiger partial charge in [-0.25, -0.2) is 0 Å². The highest BCUT2D eigenvalue weighted by Gasteiger charge is 2.50. The maximum Gasteiger partial charge on any atom is -0.00118 e. The van der Waals surface area contributed by atoms with E-state index in [4.69, 9.17) is 0 Å². The summed E-state index contributed by atoms with van der Waals surface area (Å²) < 4.78 is 0. The first kappa shape index (κ1) is 10.7. The Kier molecular flexibility index (Phi) is 3.11. The normalized spacial score (nSPS) is 29.1. The summed E-state index contributed by atoms with van der Waals surface area (Å²) in [5, 5.41) is 3.52. The standard InChI is InChI=1S/C14H21N/c1-3-9-15-11-13-10-14(13,2)12-7-5-4-6-8-12/h4-8,13,15H,3,9-11H2,1-2H3.